The summed E-state index contributed by atoms with van der Waals surface area (Å²) in [6.07, 6.45) is 0. The van der Waals surface area contributed by atoms with Gasteiger partial charge in [-0.2, -0.15) is 0 Å². The average Bonchev–Trinajstić information content (AvgIpc) is 2.35. The maximum Gasteiger partial charge on any atom is 0.234 e. The first-order valence-electron chi connectivity index (χ1n) is 6.19. The second-order valence-corrected chi connectivity index (χ2v) is 4.32. The molecule has 0 fully saturated rings. The van der Waals surface area contributed by atoms with Gasteiger partial charge in [-0.3, -0.25) is 4.79 Å². The summed E-state index contributed by atoms with van der Waals surface area (Å²) in [6.45, 7) is 5.66. The van der Waals surface area contributed by atoms with E-state index in [-0.39, 0.29) is 24.4 Å². The van der Waals surface area contributed by atoms with Gasteiger partial charge in [0.15, 0.2) is 0 Å². The minimum absolute atomic E-state index is 0. The van der Waals surface area contributed by atoms with Gasteiger partial charge in [-0.15, -0.1) is 12.4 Å². The number of ether oxygens (including phenoxy) is 1. The number of hydrogen-bond acceptors (Lipinski definition) is 3. The van der Waals surface area contributed by atoms with Gasteiger partial charge in [0.2, 0.25) is 5.91 Å². The van der Waals surface area contributed by atoms with Gasteiger partial charge in [0.05, 0.1) is 19.2 Å². The van der Waals surface area contributed by atoms with Gasteiger partial charge < -0.3 is 15.4 Å². The van der Waals surface area contributed by atoms with Crippen LogP contribution >= 0.6 is 12.4 Å². The summed E-state index contributed by atoms with van der Waals surface area (Å²) in [5, 5.41) is 5.99. The zero-order valence-corrected chi connectivity index (χ0v) is 12.5. The first-order valence-corrected chi connectivity index (χ1v) is 6.19. The number of aryl methyl sites for hydroxylation is 1. The van der Waals surface area contributed by atoms with E-state index >= 15 is 0 Å². The lowest BCUT2D eigenvalue weighted by Crippen LogP contribution is -2.36. The smallest absolute Gasteiger partial charge is 0.234 e. The maximum absolute atomic E-state index is 11.7. The number of halogens is 1. The lowest BCUT2D eigenvalue weighted by atomic mass is 10.0. The normalized spacial score (nSPS) is 11.5. The van der Waals surface area contributed by atoms with E-state index in [2.05, 4.69) is 23.6 Å². The van der Waals surface area contributed by atoms with Crippen LogP contribution in [0.15, 0.2) is 24.3 Å². The van der Waals surface area contributed by atoms with E-state index < -0.39 is 0 Å². The van der Waals surface area contributed by atoms with Crippen LogP contribution < -0.4 is 10.6 Å². The molecule has 0 saturated heterocycles. The third-order valence-corrected chi connectivity index (χ3v) is 2.80. The van der Waals surface area contributed by atoms with E-state index in [0.29, 0.717) is 19.7 Å². The summed E-state index contributed by atoms with van der Waals surface area (Å²) in [7, 11) is 1.64. The zero-order valence-electron chi connectivity index (χ0n) is 11.7. The van der Waals surface area contributed by atoms with Crippen molar-refractivity contribution in [1.82, 2.24) is 10.6 Å². The summed E-state index contributed by atoms with van der Waals surface area (Å²) in [5.41, 5.74) is 2.35. The molecule has 2 N–H and O–H groups in total. The van der Waals surface area contributed by atoms with Crippen LogP contribution in [0.5, 0.6) is 0 Å². The van der Waals surface area contributed by atoms with Crippen molar-refractivity contribution in [3.8, 4) is 0 Å². The summed E-state index contributed by atoms with van der Waals surface area (Å²) in [5.74, 6) is 0.00172. The Morgan fingerprint density at radius 3 is 2.68 bits per heavy atom. The van der Waals surface area contributed by atoms with Crippen LogP contribution in [0.4, 0.5) is 0 Å². The Hall–Kier alpha value is -1.10. The van der Waals surface area contributed by atoms with E-state index in [0.717, 1.165) is 5.56 Å². The topological polar surface area (TPSA) is 50.4 Å². The molecule has 1 amide bonds. The van der Waals surface area contributed by atoms with Crippen LogP contribution in [0.2, 0.25) is 0 Å². The summed E-state index contributed by atoms with van der Waals surface area (Å²) in [4.78, 5) is 11.7. The Morgan fingerprint density at radius 2 is 2.05 bits per heavy atom. The fraction of sp³-hybridized carbons (Fsp3) is 0.500. The average molecular weight is 287 g/mol. The molecule has 0 aliphatic carbocycles. The van der Waals surface area contributed by atoms with E-state index in [1.54, 1.807) is 7.11 Å². The van der Waals surface area contributed by atoms with Gasteiger partial charge in [-0.1, -0.05) is 24.3 Å². The number of nitrogens with one attached hydrogen (secondary N) is 2. The van der Waals surface area contributed by atoms with E-state index in [1.807, 2.05) is 25.1 Å². The van der Waals surface area contributed by atoms with Gasteiger partial charge in [-0.05, 0) is 25.0 Å². The molecule has 0 saturated carbocycles. The molecule has 4 nitrogen and oxygen atoms in total. The number of amides is 1. The molecule has 1 aromatic rings. The lowest BCUT2D eigenvalue weighted by Gasteiger charge is -2.16. The Labute approximate surface area is 121 Å². The second kappa shape index (κ2) is 9.78. The van der Waals surface area contributed by atoms with Gasteiger partial charge in [0.1, 0.15) is 0 Å². The molecular formula is C14H23ClN2O2. The predicted molar refractivity (Wildman–Crippen MR) is 79.7 cm³/mol. The first kappa shape index (κ1) is 17.9. The van der Waals surface area contributed by atoms with Crippen LogP contribution in [-0.4, -0.2) is 32.7 Å². The third-order valence-electron chi connectivity index (χ3n) is 2.80. The molecule has 1 aromatic carbocycles. The van der Waals surface area contributed by atoms with Crippen molar-refractivity contribution in [2.45, 2.75) is 19.9 Å². The summed E-state index contributed by atoms with van der Waals surface area (Å²) in [6, 6.07) is 8.11. The van der Waals surface area contributed by atoms with Crippen molar-refractivity contribution < 1.29 is 9.53 Å². The number of benzene rings is 1. The quantitative estimate of drug-likeness (QED) is 0.752. The molecule has 5 heteroatoms. The Kier molecular flexibility index (Phi) is 9.21. The Morgan fingerprint density at radius 1 is 1.37 bits per heavy atom. The van der Waals surface area contributed by atoms with Crippen molar-refractivity contribution in [1.29, 1.82) is 0 Å². The predicted octanol–water partition coefficient (Wildman–Crippen LogP) is 1.83. The first-order chi connectivity index (χ1) is 8.65. The molecule has 19 heavy (non-hydrogen) atoms. The van der Waals surface area contributed by atoms with E-state index in [9.17, 15) is 4.79 Å². The minimum atomic E-state index is 0. The zero-order chi connectivity index (χ0) is 13.4. The van der Waals surface area contributed by atoms with Crippen LogP contribution in [0.1, 0.15) is 24.1 Å². The molecule has 0 spiro atoms. The lowest BCUT2D eigenvalue weighted by molar-refractivity contribution is -0.120. The highest BCUT2D eigenvalue weighted by atomic mass is 35.5. The molecule has 0 aliphatic heterocycles. The van der Waals surface area contributed by atoms with Crippen molar-refractivity contribution >= 4 is 18.3 Å². The highest BCUT2D eigenvalue weighted by molar-refractivity contribution is 5.85. The highest BCUT2D eigenvalue weighted by Gasteiger charge is 2.10. The molecule has 0 heterocycles. The van der Waals surface area contributed by atoms with Gasteiger partial charge >= 0.3 is 0 Å². The van der Waals surface area contributed by atoms with Gasteiger partial charge in [0.25, 0.3) is 0 Å². The van der Waals surface area contributed by atoms with E-state index in [1.165, 1.54) is 5.56 Å². The van der Waals surface area contributed by atoms with Crippen molar-refractivity contribution in [3.63, 3.8) is 0 Å². The highest BCUT2D eigenvalue weighted by Crippen LogP contribution is 2.16. The summed E-state index contributed by atoms with van der Waals surface area (Å²) >= 11 is 0. The second-order valence-electron chi connectivity index (χ2n) is 4.32. The summed E-state index contributed by atoms with van der Waals surface area (Å²) < 4.78 is 4.90. The molecular weight excluding hydrogens is 264 g/mol. The van der Waals surface area contributed by atoms with Crippen LogP contribution in [-0.2, 0) is 9.53 Å². The molecule has 0 bridgehead atoms. The number of carbonyl (C=O) groups is 1. The number of hydrogen-bond donors (Lipinski definition) is 2. The molecule has 1 unspecified atom stereocenters. The maximum atomic E-state index is 11.7. The third kappa shape index (κ3) is 6.57. The fourth-order valence-corrected chi connectivity index (χ4v) is 1.82. The fourth-order valence-electron chi connectivity index (χ4n) is 1.82. The van der Waals surface area contributed by atoms with Crippen LogP contribution in [0, 0.1) is 6.92 Å². The van der Waals surface area contributed by atoms with Crippen molar-refractivity contribution in [2.24, 2.45) is 0 Å². The monoisotopic (exact) mass is 286 g/mol. The molecule has 1 atom stereocenters. The number of rotatable bonds is 7. The van der Waals surface area contributed by atoms with Crippen molar-refractivity contribution in [3.05, 3.63) is 35.4 Å². The largest absolute Gasteiger partial charge is 0.383 e. The molecule has 0 aliphatic rings. The van der Waals surface area contributed by atoms with Crippen LogP contribution in [0.3, 0.4) is 0 Å². The Bertz CT molecular complexity index is 385. The molecule has 108 valence electrons. The molecule has 0 aromatic heterocycles. The van der Waals surface area contributed by atoms with Gasteiger partial charge in [0, 0.05) is 13.7 Å². The van der Waals surface area contributed by atoms with Crippen LogP contribution in [0.25, 0.3) is 0 Å². The van der Waals surface area contributed by atoms with Crippen molar-refractivity contribution in [2.75, 3.05) is 26.8 Å². The minimum Gasteiger partial charge on any atom is -0.383 e. The van der Waals surface area contributed by atoms with Gasteiger partial charge in [-0.25, -0.2) is 0 Å². The number of methoxy groups -OCH3 is 1. The Balaban J connectivity index is 0.00000324. The molecule has 1 rings (SSSR count). The number of carbonyl (C=O) groups excluding carboxylic acids is 1. The SMILES string of the molecule is COCCNCC(=O)NC(C)c1ccccc1C.Cl. The molecule has 0 radical (unpaired) electrons. The van der Waals surface area contributed by atoms with E-state index in [4.69, 9.17) is 4.74 Å². The standard InChI is InChI=1S/C14H22N2O2.ClH/c1-11-6-4-5-7-13(11)12(2)16-14(17)10-15-8-9-18-3;/h4-7,12,15H,8-10H2,1-3H3,(H,16,17);1H.